The van der Waals surface area contributed by atoms with E-state index in [1.807, 2.05) is 0 Å². The monoisotopic (exact) mass is 426 g/mol. The van der Waals surface area contributed by atoms with Crippen molar-refractivity contribution in [2.75, 3.05) is 24.2 Å². The molecule has 1 aromatic carbocycles. The predicted octanol–water partition coefficient (Wildman–Crippen LogP) is 3.02. The number of hydrogen-bond donors (Lipinski definition) is 2. The Balaban J connectivity index is 1.89. The van der Waals surface area contributed by atoms with Crippen molar-refractivity contribution < 1.29 is 18.4 Å². The molecule has 0 spiro atoms. The molecule has 2 rings (SSSR count). The standard InChI is InChI=1S/C17H17BrF2N4O2/c1-10(17(26)22-12-4-5-13(19)14(20)7-12)24(2)9-16(25)23-15-6-3-11(18)8-21-15/h3-8,10H,9H2,1-2H3,(H,22,26)(H,21,23,25). The summed E-state index contributed by atoms with van der Waals surface area (Å²) in [4.78, 5) is 29.8. The van der Waals surface area contributed by atoms with E-state index in [9.17, 15) is 18.4 Å². The zero-order valence-corrected chi connectivity index (χ0v) is 15.7. The fourth-order valence-electron chi connectivity index (χ4n) is 2.02. The van der Waals surface area contributed by atoms with E-state index in [4.69, 9.17) is 0 Å². The van der Waals surface area contributed by atoms with E-state index in [-0.39, 0.29) is 18.1 Å². The second-order valence-corrected chi connectivity index (χ2v) is 6.53. The summed E-state index contributed by atoms with van der Waals surface area (Å²) in [6.07, 6.45) is 1.55. The molecular weight excluding hydrogens is 410 g/mol. The highest BCUT2D eigenvalue weighted by atomic mass is 79.9. The van der Waals surface area contributed by atoms with E-state index < -0.39 is 23.6 Å². The Morgan fingerprint density at radius 3 is 2.54 bits per heavy atom. The number of benzene rings is 1. The molecule has 0 aliphatic carbocycles. The van der Waals surface area contributed by atoms with E-state index in [1.54, 1.807) is 32.3 Å². The highest BCUT2D eigenvalue weighted by Gasteiger charge is 2.20. The molecule has 26 heavy (non-hydrogen) atoms. The average Bonchev–Trinajstić information content (AvgIpc) is 2.59. The van der Waals surface area contributed by atoms with E-state index in [2.05, 4.69) is 31.5 Å². The first-order valence-corrected chi connectivity index (χ1v) is 8.43. The number of hydrogen-bond acceptors (Lipinski definition) is 4. The highest BCUT2D eigenvalue weighted by molar-refractivity contribution is 9.10. The lowest BCUT2D eigenvalue weighted by Gasteiger charge is -2.23. The first-order valence-electron chi connectivity index (χ1n) is 7.64. The zero-order valence-electron chi connectivity index (χ0n) is 14.1. The minimum atomic E-state index is -1.05. The lowest BCUT2D eigenvalue weighted by molar-refractivity contribution is -0.122. The number of carbonyl (C=O) groups is 2. The quantitative estimate of drug-likeness (QED) is 0.744. The van der Waals surface area contributed by atoms with Crippen molar-refractivity contribution in [3.05, 3.63) is 52.6 Å². The van der Waals surface area contributed by atoms with Crippen molar-refractivity contribution in [1.82, 2.24) is 9.88 Å². The summed E-state index contributed by atoms with van der Waals surface area (Å²) in [5.74, 6) is -2.44. The number of likely N-dealkylation sites (N-methyl/N-ethyl adjacent to an activating group) is 1. The maximum Gasteiger partial charge on any atom is 0.241 e. The molecule has 9 heteroatoms. The van der Waals surface area contributed by atoms with E-state index in [0.29, 0.717) is 5.82 Å². The van der Waals surface area contributed by atoms with Gasteiger partial charge < -0.3 is 10.6 Å². The Hall–Kier alpha value is -2.39. The van der Waals surface area contributed by atoms with Crippen LogP contribution in [0.15, 0.2) is 41.0 Å². The lowest BCUT2D eigenvalue weighted by atomic mass is 10.2. The molecule has 0 aliphatic heterocycles. The topological polar surface area (TPSA) is 74.3 Å². The number of nitrogens with one attached hydrogen (secondary N) is 2. The Morgan fingerprint density at radius 2 is 1.92 bits per heavy atom. The first-order chi connectivity index (χ1) is 12.3. The van der Waals surface area contributed by atoms with Crippen molar-refractivity contribution in [2.45, 2.75) is 13.0 Å². The minimum Gasteiger partial charge on any atom is -0.325 e. The van der Waals surface area contributed by atoms with Gasteiger partial charge in [0.2, 0.25) is 11.8 Å². The fraction of sp³-hybridized carbons (Fsp3) is 0.235. The average molecular weight is 427 g/mol. The van der Waals surface area contributed by atoms with E-state index in [1.165, 1.54) is 11.0 Å². The van der Waals surface area contributed by atoms with Gasteiger partial charge in [-0.1, -0.05) is 0 Å². The van der Waals surface area contributed by atoms with Crippen LogP contribution in [0.4, 0.5) is 20.3 Å². The Labute approximate surface area is 157 Å². The molecule has 2 aromatic rings. The fourth-order valence-corrected chi connectivity index (χ4v) is 2.25. The summed E-state index contributed by atoms with van der Waals surface area (Å²) >= 11 is 3.25. The number of pyridine rings is 1. The molecule has 1 aromatic heterocycles. The summed E-state index contributed by atoms with van der Waals surface area (Å²) in [6, 6.07) is 5.79. The van der Waals surface area contributed by atoms with Crippen molar-refractivity contribution in [3.8, 4) is 0 Å². The normalized spacial score (nSPS) is 11.9. The van der Waals surface area contributed by atoms with Crippen LogP contribution in [-0.2, 0) is 9.59 Å². The van der Waals surface area contributed by atoms with Crippen LogP contribution in [0, 0.1) is 11.6 Å². The van der Waals surface area contributed by atoms with E-state index in [0.717, 1.165) is 16.6 Å². The second kappa shape index (κ2) is 8.81. The summed E-state index contributed by atoms with van der Waals surface area (Å²) in [5, 5.41) is 5.11. The van der Waals surface area contributed by atoms with Crippen molar-refractivity contribution in [2.24, 2.45) is 0 Å². The minimum absolute atomic E-state index is 0.0515. The lowest BCUT2D eigenvalue weighted by Crippen LogP contribution is -2.43. The summed E-state index contributed by atoms with van der Waals surface area (Å²) < 4.78 is 26.9. The van der Waals surface area contributed by atoms with Crippen LogP contribution >= 0.6 is 15.9 Å². The zero-order chi connectivity index (χ0) is 19.3. The van der Waals surface area contributed by atoms with Gasteiger partial charge in [-0.15, -0.1) is 0 Å². The number of amides is 2. The van der Waals surface area contributed by atoms with Gasteiger partial charge in [0.1, 0.15) is 5.82 Å². The highest BCUT2D eigenvalue weighted by Crippen LogP contribution is 2.14. The molecule has 0 fully saturated rings. The third kappa shape index (κ3) is 5.57. The molecule has 0 bridgehead atoms. The van der Waals surface area contributed by atoms with Gasteiger partial charge in [0, 0.05) is 22.4 Å². The van der Waals surface area contributed by atoms with Gasteiger partial charge in [-0.25, -0.2) is 13.8 Å². The summed E-state index contributed by atoms with van der Waals surface area (Å²) in [7, 11) is 1.60. The molecule has 2 N–H and O–H groups in total. The molecule has 6 nitrogen and oxygen atoms in total. The van der Waals surface area contributed by atoms with Gasteiger partial charge in [0.25, 0.3) is 0 Å². The van der Waals surface area contributed by atoms with E-state index >= 15 is 0 Å². The van der Waals surface area contributed by atoms with Gasteiger partial charge >= 0.3 is 0 Å². The van der Waals surface area contributed by atoms with Gasteiger partial charge in [-0.2, -0.15) is 0 Å². The van der Waals surface area contributed by atoms with Gasteiger partial charge in [0.15, 0.2) is 11.6 Å². The smallest absolute Gasteiger partial charge is 0.241 e. The number of carbonyl (C=O) groups excluding carboxylic acids is 2. The largest absolute Gasteiger partial charge is 0.325 e. The molecule has 0 aliphatic rings. The third-order valence-corrected chi connectivity index (χ3v) is 4.08. The second-order valence-electron chi connectivity index (χ2n) is 5.62. The van der Waals surface area contributed by atoms with Crippen LogP contribution < -0.4 is 10.6 Å². The molecule has 1 atom stereocenters. The number of nitrogens with zero attached hydrogens (tertiary/aromatic N) is 2. The number of aromatic nitrogens is 1. The molecule has 0 radical (unpaired) electrons. The van der Waals surface area contributed by atoms with Gasteiger partial charge in [0.05, 0.1) is 12.6 Å². The molecule has 1 heterocycles. The number of rotatable bonds is 6. The summed E-state index contributed by atoms with van der Waals surface area (Å²) in [6.45, 7) is 1.55. The van der Waals surface area contributed by atoms with Crippen LogP contribution in [0.3, 0.4) is 0 Å². The van der Waals surface area contributed by atoms with Crippen LogP contribution in [0.2, 0.25) is 0 Å². The number of halogens is 3. The van der Waals surface area contributed by atoms with Crippen molar-refractivity contribution >= 4 is 39.2 Å². The molecule has 0 saturated carbocycles. The van der Waals surface area contributed by atoms with Crippen LogP contribution in [0.1, 0.15) is 6.92 Å². The maximum absolute atomic E-state index is 13.2. The van der Waals surface area contributed by atoms with Gasteiger partial charge in [-0.3, -0.25) is 14.5 Å². The number of anilines is 2. The first kappa shape index (κ1) is 19.9. The summed E-state index contributed by atoms with van der Waals surface area (Å²) in [5.41, 5.74) is 0.137. The maximum atomic E-state index is 13.2. The molecular formula is C17H17BrF2N4O2. The Morgan fingerprint density at radius 1 is 1.19 bits per heavy atom. The molecule has 1 unspecified atom stereocenters. The van der Waals surface area contributed by atoms with Crippen LogP contribution in [0.25, 0.3) is 0 Å². The Bertz CT molecular complexity index is 802. The molecule has 0 saturated heterocycles. The third-order valence-electron chi connectivity index (χ3n) is 3.62. The van der Waals surface area contributed by atoms with Crippen molar-refractivity contribution in [1.29, 1.82) is 0 Å². The predicted molar refractivity (Wildman–Crippen MR) is 97.6 cm³/mol. The van der Waals surface area contributed by atoms with Crippen LogP contribution in [0.5, 0.6) is 0 Å². The van der Waals surface area contributed by atoms with Crippen molar-refractivity contribution in [3.63, 3.8) is 0 Å². The molecule has 2 amide bonds. The molecule has 138 valence electrons. The SMILES string of the molecule is CC(C(=O)Nc1ccc(F)c(F)c1)N(C)CC(=O)Nc1ccc(Br)cn1. The Kier molecular flexibility index (Phi) is 6.76. The van der Waals surface area contributed by atoms with Gasteiger partial charge in [-0.05, 0) is 54.2 Å². The van der Waals surface area contributed by atoms with Crippen LogP contribution in [-0.4, -0.2) is 41.3 Å².